The van der Waals surface area contributed by atoms with Crippen molar-refractivity contribution < 1.29 is 28.5 Å². The van der Waals surface area contributed by atoms with Gasteiger partial charge in [0.1, 0.15) is 13.2 Å². The Bertz CT molecular complexity index is 750. The van der Waals surface area contributed by atoms with E-state index in [9.17, 15) is 9.59 Å². The second kappa shape index (κ2) is 11.3. The van der Waals surface area contributed by atoms with Crippen molar-refractivity contribution in [3.05, 3.63) is 56.6 Å². The average Bonchev–Trinajstić information content (AvgIpc) is 2.68. The van der Waals surface area contributed by atoms with Gasteiger partial charge in [0.2, 0.25) is 0 Å². The summed E-state index contributed by atoms with van der Waals surface area (Å²) in [6.45, 7) is 4.71. The van der Waals surface area contributed by atoms with E-state index in [0.29, 0.717) is 30.8 Å². The highest BCUT2D eigenvalue weighted by Crippen LogP contribution is 2.42. The van der Waals surface area contributed by atoms with Crippen LogP contribution in [-0.4, -0.2) is 52.6 Å². The van der Waals surface area contributed by atoms with Gasteiger partial charge < -0.3 is 18.9 Å². The lowest BCUT2D eigenvalue weighted by molar-refractivity contribution is -0.141. The number of carbonyl (C=O) groups is 2. The Labute approximate surface area is 180 Å². The third-order valence-corrected chi connectivity index (χ3v) is 5.24. The minimum atomic E-state index is -0.554. The largest absolute Gasteiger partial charge is 0.460 e. The van der Waals surface area contributed by atoms with E-state index < -0.39 is 17.9 Å². The second-order valence-corrected chi connectivity index (χ2v) is 7.72. The van der Waals surface area contributed by atoms with Crippen molar-refractivity contribution in [1.29, 1.82) is 0 Å². The molecule has 0 fully saturated rings. The Morgan fingerprint density at radius 2 is 1.31 bits per heavy atom. The van der Waals surface area contributed by atoms with Gasteiger partial charge in [0.25, 0.3) is 0 Å². The molecule has 0 unspecified atom stereocenters. The normalized spacial score (nSPS) is 14.9. The highest BCUT2D eigenvalue weighted by Gasteiger charge is 2.37. The number of methoxy groups -OCH3 is 2. The lowest BCUT2D eigenvalue weighted by Crippen LogP contribution is -2.27. The first-order valence-electron chi connectivity index (χ1n) is 9.37. The predicted octanol–water partition coefficient (Wildman–Crippen LogP) is 3.95. The molecule has 158 valence electrons. The summed E-state index contributed by atoms with van der Waals surface area (Å²) in [5.74, 6) is -1.44. The maximum atomic E-state index is 12.9. The molecule has 1 aromatic carbocycles. The molecule has 0 atom stereocenters. The lowest BCUT2D eigenvalue weighted by Gasteiger charge is -2.30. The second-order valence-electron chi connectivity index (χ2n) is 6.81. The first kappa shape index (κ1) is 23.3. The van der Waals surface area contributed by atoms with Gasteiger partial charge in [0.15, 0.2) is 0 Å². The Morgan fingerprint density at radius 1 is 0.862 bits per heavy atom. The molecule has 0 heterocycles. The lowest BCUT2D eigenvalue weighted by atomic mass is 9.75. The summed E-state index contributed by atoms with van der Waals surface area (Å²) in [4.78, 5) is 25.9. The van der Waals surface area contributed by atoms with Crippen LogP contribution in [-0.2, 0) is 28.5 Å². The minimum absolute atomic E-state index is 0.148. The van der Waals surface area contributed by atoms with Crippen molar-refractivity contribution in [3.8, 4) is 0 Å². The van der Waals surface area contributed by atoms with Crippen LogP contribution in [0.15, 0.2) is 51.0 Å². The predicted molar refractivity (Wildman–Crippen MR) is 113 cm³/mol. The molecule has 29 heavy (non-hydrogen) atoms. The fourth-order valence-electron chi connectivity index (χ4n) is 3.39. The van der Waals surface area contributed by atoms with Gasteiger partial charge in [-0.05, 0) is 38.0 Å². The van der Waals surface area contributed by atoms with E-state index in [0.717, 1.165) is 21.2 Å². The van der Waals surface area contributed by atoms with Crippen LogP contribution < -0.4 is 0 Å². The van der Waals surface area contributed by atoms with Gasteiger partial charge in [-0.15, -0.1) is 0 Å². The summed E-state index contributed by atoms with van der Waals surface area (Å²) in [6, 6.07) is 7.56. The molecule has 1 aliphatic carbocycles. The van der Waals surface area contributed by atoms with Gasteiger partial charge in [0, 0.05) is 35.8 Å². The first-order valence-corrected chi connectivity index (χ1v) is 10.2. The fourth-order valence-corrected chi connectivity index (χ4v) is 3.65. The highest BCUT2D eigenvalue weighted by molar-refractivity contribution is 9.10. The van der Waals surface area contributed by atoms with E-state index in [4.69, 9.17) is 18.9 Å². The molecule has 0 amide bonds. The third-order valence-electron chi connectivity index (χ3n) is 4.71. The summed E-state index contributed by atoms with van der Waals surface area (Å²) < 4.78 is 21.7. The number of halogens is 1. The smallest absolute Gasteiger partial charge is 0.335 e. The van der Waals surface area contributed by atoms with Crippen molar-refractivity contribution in [2.75, 3.05) is 40.6 Å². The zero-order valence-electron chi connectivity index (χ0n) is 17.2. The molecule has 1 aromatic rings. The molecule has 0 spiro atoms. The van der Waals surface area contributed by atoms with Crippen LogP contribution in [0.3, 0.4) is 0 Å². The van der Waals surface area contributed by atoms with Gasteiger partial charge in [-0.2, -0.15) is 0 Å². The van der Waals surface area contributed by atoms with Crippen molar-refractivity contribution in [1.82, 2.24) is 0 Å². The number of allylic oxidation sites excluding steroid dienone is 2. The van der Waals surface area contributed by atoms with Gasteiger partial charge in [-0.1, -0.05) is 39.2 Å². The summed E-state index contributed by atoms with van der Waals surface area (Å²) in [6.07, 6.45) is 0.510. The van der Waals surface area contributed by atoms with Crippen molar-refractivity contribution >= 4 is 27.9 Å². The SMILES string of the molecule is COCCOC(=O)C1=C(C)CC(C)=C(C(=O)OCCOC)C1c1ccc(Br)cc1. The summed E-state index contributed by atoms with van der Waals surface area (Å²) in [5, 5.41) is 0. The van der Waals surface area contributed by atoms with Crippen molar-refractivity contribution in [3.63, 3.8) is 0 Å². The summed E-state index contributed by atoms with van der Waals surface area (Å²) >= 11 is 3.43. The van der Waals surface area contributed by atoms with E-state index in [1.807, 2.05) is 38.1 Å². The highest BCUT2D eigenvalue weighted by atomic mass is 79.9. The van der Waals surface area contributed by atoms with Gasteiger partial charge >= 0.3 is 11.9 Å². The summed E-state index contributed by atoms with van der Waals surface area (Å²) in [5.41, 5.74) is 3.54. The van der Waals surface area contributed by atoms with Crippen LogP contribution in [0.4, 0.5) is 0 Å². The molecule has 1 aliphatic rings. The topological polar surface area (TPSA) is 71.1 Å². The molecule has 6 nitrogen and oxygen atoms in total. The number of hydrogen-bond acceptors (Lipinski definition) is 6. The van der Waals surface area contributed by atoms with E-state index in [2.05, 4.69) is 15.9 Å². The first-order chi connectivity index (χ1) is 13.9. The van der Waals surface area contributed by atoms with Gasteiger partial charge in [0.05, 0.1) is 13.2 Å². The van der Waals surface area contributed by atoms with Crippen molar-refractivity contribution in [2.45, 2.75) is 26.2 Å². The molecule has 0 aliphatic heterocycles. The number of hydrogen-bond donors (Lipinski definition) is 0. The molecule has 0 radical (unpaired) electrons. The van der Waals surface area contributed by atoms with E-state index in [1.54, 1.807) is 14.2 Å². The zero-order chi connectivity index (χ0) is 21.4. The molecule has 0 aromatic heterocycles. The molecular weight excluding hydrogens is 440 g/mol. The quantitative estimate of drug-likeness (QED) is 0.405. The van der Waals surface area contributed by atoms with Gasteiger partial charge in [-0.25, -0.2) is 9.59 Å². The molecule has 7 heteroatoms. The molecule has 2 rings (SSSR count). The van der Waals surface area contributed by atoms with Crippen LogP contribution in [0.25, 0.3) is 0 Å². The molecular formula is C22H27BrO6. The molecule has 0 N–H and O–H groups in total. The number of ether oxygens (including phenoxy) is 4. The zero-order valence-corrected chi connectivity index (χ0v) is 18.8. The minimum Gasteiger partial charge on any atom is -0.460 e. The van der Waals surface area contributed by atoms with Crippen LogP contribution in [0.5, 0.6) is 0 Å². The molecule has 0 saturated heterocycles. The maximum Gasteiger partial charge on any atom is 0.335 e. The number of carbonyl (C=O) groups excluding carboxylic acids is 2. The molecule has 0 bridgehead atoms. The Hall–Kier alpha value is -1.96. The standard InChI is InChI=1S/C22H27BrO6/c1-14-13-15(2)19(22(25)29-12-10-27-4)20(16-5-7-17(23)8-6-16)18(14)21(24)28-11-9-26-3/h5-8,20H,9-13H2,1-4H3. The number of benzene rings is 1. The van der Waals surface area contributed by atoms with Crippen LogP contribution in [0, 0.1) is 0 Å². The average molecular weight is 467 g/mol. The van der Waals surface area contributed by atoms with Crippen LogP contribution in [0.1, 0.15) is 31.7 Å². The Balaban J connectivity index is 2.45. The Kier molecular flexibility index (Phi) is 9.07. The van der Waals surface area contributed by atoms with Gasteiger partial charge in [-0.3, -0.25) is 0 Å². The number of esters is 2. The molecule has 0 saturated carbocycles. The Morgan fingerprint density at radius 3 is 1.72 bits per heavy atom. The monoisotopic (exact) mass is 466 g/mol. The van der Waals surface area contributed by atoms with E-state index >= 15 is 0 Å². The van der Waals surface area contributed by atoms with Crippen molar-refractivity contribution in [2.24, 2.45) is 0 Å². The number of rotatable bonds is 9. The van der Waals surface area contributed by atoms with E-state index in [1.165, 1.54) is 0 Å². The summed E-state index contributed by atoms with van der Waals surface area (Å²) in [7, 11) is 3.09. The van der Waals surface area contributed by atoms with Crippen LogP contribution in [0.2, 0.25) is 0 Å². The van der Waals surface area contributed by atoms with E-state index in [-0.39, 0.29) is 13.2 Å². The maximum absolute atomic E-state index is 12.9. The van der Waals surface area contributed by atoms with Crippen LogP contribution >= 0.6 is 15.9 Å². The third kappa shape index (κ3) is 6.01. The fraction of sp³-hybridized carbons (Fsp3) is 0.455.